The molecule has 0 atom stereocenters. The SMILES string of the molecule is CNC(=O)C1CCN(CCn2ccc(N)n2)CC1. The van der Waals surface area contributed by atoms with Crippen molar-refractivity contribution in [2.24, 2.45) is 5.92 Å². The number of anilines is 1. The number of nitrogen functional groups attached to an aromatic ring is 1. The van der Waals surface area contributed by atoms with Crippen molar-refractivity contribution in [2.75, 3.05) is 32.4 Å². The summed E-state index contributed by atoms with van der Waals surface area (Å²) < 4.78 is 1.86. The van der Waals surface area contributed by atoms with E-state index in [1.807, 2.05) is 10.9 Å². The first-order chi connectivity index (χ1) is 8.69. The van der Waals surface area contributed by atoms with Crippen LogP contribution in [0.25, 0.3) is 0 Å². The van der Waals surface area contributed by atoms with E-state index >= 15 is 0 Å². The number of carbonyl (C=O) groups is 1. The molecule has 0 saturated carbocycles. The first-order valence-electron chi connectivity index (χ1n) is 6.42. The molecule has 0 aliphatic carbocycles. The molecule has 0 radical (unpaired) electrons. The molecule has 1 saturated heterocycles. The minimum absolute atomic E-state index is 0.175. The van der Waals surface area contributed by atoms with E-state index < -0.39 is 0 Å². The fourth-order valence-corrected chi connectivity index (χ4v) is 2.37. The van der Waals surface area contributed by atoms with Gasteiger partial charge in [-0.15, -0.1) is 0 Å². The Morgan fingerprint density at radius 3 is 2.78 bits per heavy atom. The Morgan fingerprint density at radius 2 is 2.22 bits per heavy atom. The highest BCUT2D eigenvalue weighted by Crippen LogP contribution is 2.16. The van der Waals surface area contributed by atoms with Crippen molar-refractivity contribution in [3.8, 4) is 0 Å². The quantitative estimate of drug-likeness (QED) is 0.785. The maximum absolute atomic E-state index is 11.5. The molecular weight excluding hydrogens is 230 g/mol. The molecule has 18 heavy (non-hydrogen) atoms. The van der Waals surface area contributed by atoms with Gasteiger partial charge in [0.1, 0.15) is 5.82 Å². The average molecular weight is 251 g/mol. The van der Waals surface area contributed by atoms with Crippen molar-refractivity contribution < 1.29 is 4.79 Å². The Bertz CT molecular complexity index is 395. The monoisotopic (exact) mass is 251 g/mol. The minimum Gasteiger partial charge on any atom is -0.382 e. The number of nitrogens with zero attached hydrogens (tertiary/aromatic N) is 3. The number of hydrogen-bond donors (Lipinski definition) is 2. The lowest BCUT2D eigenvalue weighted by molar-refractivity contribution is -0.125. The standard InChI is InChI=1S/C12H21N5O/c1-14-12(18)10-2-5-16(6-3-10)8-9-17-7-4-11(13)15-17/h4,7,10H,2-3,5-6,8-9H2,1H3,(H2,13,15)(H,14,18). The predicted molar refractivity (Wildman–Crippen MR) is 69.9 cm³/mol. The zero-order chi connectivity index (χ0) is 13.0. The molecule has 3 N–H and O–H groups in total. The normalized spacial score (nSPS) is 17.8. The zero-order valence-electron chi connectivity index (χ0n) is 10.8. The summed E-state index contributed by atoms with van der Waals surface area (Å²) in [5.41, 5.74) is 5.56. The predicted octanol–water partition coefficient (Wildman–Crippen LogP) is -0.0767. The van der Waals surface area contributed by atoms with Gasteiger partial charge in [0.2, 0.25) is 5.91 Å². The molecule has 1 aromatic rings. The molecule has 2 heterocycles. The van der Waals surface area contributed by atoms with Crippen LogP contribution >= 0.6 is 0 Å². The van der Waals surface area contributed by atoms with Crippen molar-refractivity contribution in [1.29, 1.82) is 0 Å². The number of hydrogen-bond acceptors (Lipinski definition) is 4. The minimum atomic E-state index is 0.175. The number of rotatable bonds is 4. The summed E-state index contributed by atoms with van der Waals surface area (Å²) in [4.78, 5) is 13.9. The van der Waals surface area contributed by atoms with Crippen LogP contribution in [0.2, 0.25) is 0 Å². The maximum atomic E-state index is 11.5. The van der Waals surface area contributed by atoms with Crippen LogP contribution in [0.15, 0.2) is 12.3 Å². The Hall–Kier alpha value is -1.56. The number of aromatic nitrogens is 2. The van der Waals surface area contributed by atoms with Gasteiger partial charge in [-0.05, 0) is 32.0 Å². The first-order valence-corrected chi connectivity index (χ1v) is 6.42. The van der Waals surface area contributed by atoms with Crippen LogP contribution in [-0.4, -0.2) is 47.3 Å². The number of piperidine rings is 1. The van der Waals surface area contributed by atoms with Crippen LogP contribution in [0, 0.1) is 5.92 Å². The van der Waals surface area contributed by atoms with E-state index in [1.165, 1.54) is 0 Å². The second-order valence-corrected chi connectivity index (χ2v) is 4.73. The van der Waals surface area contributed by atoms with Gasteiger partial charge in [-0.3, -0.25) is 9.48 Å². The molecule has 1 amide bonds. The fourth-order valence-electron chi connectivity index (χ4n) is 2.37. The van der Waals surface area contributed by atoms with Crippen molar-refractivity contribution in [1.82, 2.24) is 20.0 Å². The van der Waals surface area contributed by atoms with Crippen molar-refractivity contribution in [2.45, 2.75) is 19.4 Å². The van der Waals surface area contributed by atoms with Gasteiger partial charge in [0.25, 0.3) is 0 Å². The number of amides is 1. The zero-order valence-corrected chi connectivity index (χ0v) is 10.8. The molecule has 0 aromatic carbocycles. The summed E-state index contributed by atoms with van der Waals surface area (Å²) in [5, 5.41) is 6.88. The Labute approximate surface area is 107 Å². The molecule has 1 aromatic heterocycles. The summed E-state index contributed by atoms with van der Waals surface area (Å²) in [6.45, 7) is 3.77. The van der Waals surface area contributed by atoms with Gasteiger partial charge in [-0.25, -0.2) is 0 Å². The lowest BCUT2D eigenvalue weighted by Gasteiger charge is -2.30. The molecule has 2 rings (SSSR count). The van der Waals surface area contributed by atoms with E-state index in [-0.39, 0.29) is 11.8 Å². The van der Waals surface area contributed by atoms with Gasteiger partial charge in [-0.2, -0.15) is 5.10 Å². The Kier molecular flexibility index (Phi) is 4.19. The van der Waals surface area contributed by atoms with Gasteiger partial charge in [0.05, 0.1) is 6.54 Å². The highest BCUT2D eigenvalue weighted by molar-refractivity contribution is 5.78. The van der Waals surface area contributed by atoms with Crippen LogP contribution in [-0.2, 0) is 11.3 Å². The van der Waals surface area contributed by atoms with Gasteiger partial charge >= 0.3 is 0 Å². The Balaban J connectivity index is 1.72. The smallest absolute Gasteiger partial charge is 0.222 e. The molecular formula is C12H21N5O. The third-order valence-electron chi connectivity index (χ3n) is 3.51. The summed E-state index contributed by atoms with van der Waals surface area (Å²) in [5.74, 6) is 0.925. The van der Waals surface area contributed by atoms with E-state index in [1.54, 1.807) is 13.1 Å². The highest BCUT2D eigenvalue weighted by Gasteiger charge is 2.23. The lowest BCUT2D eigenvalue weighted by Crippen LogP contribution is -2.40. The number of likely N-dealkylation sites (tertiary alicyclic amines) is 1. The summed E-state index contributed by atoms with van der Waals surface area (Å²) in [7, 11) is 1.71. The second-order valence-electron chi connectivity index (χ2n) is 4.73. The highest BCUT2D eigenvalue weighted by atomic mass is 16.1. The molecule has 6 heteroatoms. The third-order valence-corrected chi connectivity index (χ3v) is 3.51. The fraction of sp³-hybridized carbons (Fsp3) is 0.667. The summed E-state index contributed by atoms with van der Waals surface area (Å²) in [6, 6.07) is 1.80. The molecule has 0 spiro atoms. The summed E-state index contributed by atoms with van der Waals surface area (Å²) in [6.07, 6.45) is 3.79. The number of nitrogens with two attached hydrogens (primary N) is 1. The van der Waals surface area contributed by atoms with E-state index in [9.17, 15) is 4.79 Å². The third kappa shape index (κ3) is 3.22. The number of nitrogens with one attached hydrogen (secondary N) is 1. The lowest BCUT2D eigenvalue weighted by atomic mass is 9.96. The van der Waals surface area contributed by atoms with Gasteiger partial charge in [0, 0.05) is 25.7 Å². The largest absolute Gasteiger partial charge is 0.382 e. The topological polar surface area (TPSA) is 76.2 Å². The van der Waals surface area contributed by atoms with Gasteiger partial charge < -0.3 is 16.0 Å². The van der Waals surface area contributed by atoms with E-state index in [0.717, 1.165) is 39.0 Å². The van der Waals surface area contributed by atoms with E-state index in [4.69, 9.17) is 5.73 Å². The van der Waals surface area contributed by atoms with Gasteiger partial charge in [0.15, 0.2) is 0 Å². The molecule has 0 unspecified atom stereocenters. The van der Waals surface area contributed by atoms with Crippen molar-refractivity contribution >= 4 is 11.7 Å². The van der Waals surface area contributed by atoms with Crippen molar-refractivity contribution in [3.63, 3.8) is 0 Å². The van der Waals surface area contributed by atoms with E-state index in [0.29, 0.717) is 5.82 Å². The molecule has 1 aliphatic heterocycles. The second kappa shape index (κ2) is 5.86. The van der Waals surface area contributed by atoms with Crippen molar-refractivity contribution in [3.05, 3.63) is 12.3 Å². The Morgan fingerprint density at radius 1 is 1.50 bits per heavy atom. The molecule has 0 bridgehead atoms. The first kappa shape index (κ1) is 12.9. The van der Waals surface area contributed by atoms with Crippen LogP contribution < -0.4 is 11.1 Å². The molecule has 100 valence electrons. The van der Waals surface area contributed by atoms with Crippen LogP contribution in [0.1, 0.15) is 12.8 Å². The van der Waals surface area contributed by atoms with Crippen LogP contribution in [0.3, 0.4) is 0 Å². The maximum Gasteiger partial charge on any atom is 0.222 e. The average Bonchev–Trinajstić information content (AvgIpc) is 2.82. The van der Waals surface area contributed by atoms with Crippen LogP contribution in [0.4, 0.5) is 5.82 Å². The molecule has 1 aliphatic rings. The van der Waals surface area contributed by atoms with Crippen LogP contribution in [0.5, 0.6) is 0 Å². The summed E-state index contributed by atoms with van der Waals surface area (Å²) >= 11 is 0. The number of carbonyl (C=O) groups excluding carboxylic acids is 1. The van der Waals surface area contributed by atoms with E-state index in [2.05, 4.69) is 15.3 Å². The van der Waals surface area contributed by atoms with Gasteiger partial charge in [-0.1, -0.05) is 0 Å². The molecule has 1 fully saturated rings. The molecule has 6 nitrogen and oxygen atoms in total.